The number of benzene rings is 1. The molecule has 0 atom stereocenters. The number of halogens is 4. The number of aromatic nitrogens is 1. The molecule has 0 N–H and O–H groups in total. The van der Waals surface area contributed by atoms with E-state index in [1.807, 2.05) is 12.1 Å². The highest BCUT2D eigenvalue weighted by Gasteiger charge is 2.30. The standard InChI is InChI=1S/C12H7BrF3N/c13-10-4-1-8(2-5-10)11-6-3-9(7-17-11)12(14,15)16/h1-7H. The number of rotatable bonds is 1. The molecule has 1 aromatic carbocycles. The van der Waals surface area contributed by atoms with Gasteiger partial charge in [-0.3, -0.25) is 4.98 Å². The summed E-state index contributed by atoms with van der Waals surface area (Å²) in [4.78, 5) is 3.81. The van der Waals surface area contributed by atoms with Crippen molar-refractivity contribution in [2.75, 3.05) is 0 Å². The van der Waals surface area contributed by atoms with Crippen LogP contribution in [-0.2, 0) is 6.18 Å². The maximum Gasteiger partial charge on any atom is 0.417 e. The molecule has 0 spiro atoms. The Bertz CT molecular complexity index is 503. The average Bonchev–Trinajstić information content (AvgIpc) is 2.29. The lowest BCUT2D eigenvalue weighted by molar-refractivity contribution is -0.137. The first-order chi connectivity index (χ1) is 7.97. The largest absolute Gasteiger partial charge is 0.417 e. The molecule has 2 rings (SSSR count). The van der Waals surface area contributed by atoms with Gasteiger partial charge in [0.15, 0.2) is 0 Å². The molecule has 88 valence electrons. The van der Waals surface area contributed by atoms with Crippen molar-refractivity contribution in [1.29, 1.82) is 0 Å². The molecule has 0 aliphatic rings. The lowest BCUT2D eigenvalue weighted by Gasteiger charge is -2.06. The predicted molar refractivity (Wildman–Crippen MR) is 62.4 cm³/mol. The summed E-state index contributed by atoms with van der Waals surface area (Å²) in [6, 6.07) is 9.61. The van der Waals surface area contributed by atoms with E-state index in [0.29, 0.717) is 5.69 Å². The molecule has 0 bridgehead atoms. The Hall–Kier alpha value is -1.36. The van der Waals surface area contributed by atoms with Crippen LogP contribution in [0.25, 0.3) is 11.3 Å². The van der Waals surface area contributed by atoms with E-state index in [9.17, 15) is 13.2 Å². The molecule has 0 aliphatic heterocycles. The molecular formula is C12H7BrF3N. The number of nitrogens with zero attached hydrogens (tertiary/aromatic N) is 1. The zero-order valence-electron chi connectivity index (χ0n) is 8.50. The molecule has 0 radical (unpaired) electrons. The van der Waals surface area contributed by atoms with Crippen LogP contribution in [0.3, 0.4) is 0 Å². The van der Waals surface area contributed by atoms with Crippen LogP contribution in [0.15, 0.2) is 47.1 Å². The van der Waals surface area contributed by atoms with E-state index in [-0.39, 0.29) is 0 Å². The van der Waals surface area contributed by atoms with Crippen molar-refractivity contribution in [3.05, 3.63) is 52.6 Å². The van der Waals surface area contributed by atoms with E-state index < -0.39 is 11.7 Å². The second-order valence-corrected chi connectivity index (χ2v) is 4.35. The van der Waals surface area contributed by atoms with Crippen molar-refractivity contribution in [2.24, 2.45) is 0 Å². The van der Waals surface area contributed by atoms with Crippen molar-refractivity contribution in [3.8, 4) is 11.3 Å². The van der Waals surface area contributed by atoms with Gasteiger partial charge in [0.25, 0.3) is 0 Å². The fourth-order valence-corrected chi connectivity index (χ4v) is 1.62. The fraction of sp³-hybridized carbons (Fsp3) is 0.0833. The van der Waals surface area contributed by atoms with Gasteiger partial charge in [0.2, 0.25) is 0 Å². The van der Waals surface area contributed by atoms with Gasteiger partial charge in [0.05, 0.1) is 11.3 Å². The number of pyridine rings is 1. The lowest BCUT2D eigenvalue weighted by atomic mass is 10.1. The Balaban J connectivity index is 2.33. The maximum atomic E-state index is 12.3. The van der Waals surface area contributed by atoms with Gasteiger partial charge < -0.3 is 0 Å². The molecule has 1 aromatic heterocycles. The van der Waals surface area contributed by atoms with E-state index in [0.717, 1.165) is 22.3 Å². The van der Waals surface area contributed by atoms with Gasteiger partial charge in [-0.15, -0.1) is 0 Å². The third-order valence-corrected chi connectivity index (χ3v) is 2.76. The number of hydrogen-bond acceptors (Lipinski definition) is 1. The van der Waals surface area contributed by atoms with E-state index in [1.165, 1.54) is 6.07 Å². The topological polar surface area (TPSA) is 12.9 Å². The highest BCUT2D eigenvalue weighted by molar-refractivity contribution is 9.10. The van der Waals surface area contributed by atoms with Crippen LogP contribution in [-0.4, -0.2) is 4.98 Å². The van der Waals surface area contributed by atoms with Crippen molar-refractivity contribution >= 4 is 15.9 Å². The molecule has 5 heteroatoms. The van der Waals surface area contributed by atoms with Crippen LogP contribution in [0.4, 0.5) is 13.2 Å². The third-order valence-electron chi connectivity index (χ3n) is 2.23. The molecule has 0 unspecified atom stereocenters. The summed E-state index contributed by atoms with van der Waals surface area (Å²) < 4.78 is 37.9. The van der Waals surface area contributed by atoms with Crippen LogP contribution in [0.1, 0.15) is 5.56 Å². The Morgan fingerprint density at radius 2 is 1.59 bits per heavy atom. The predicted octanol–water partition coefficient (Wildman–Crippen LogP) is 4.53. The minimum Gasteiger partial charge on any atom is -0.256 e. The fourth-order valence-electron chi connectivity index (χ4n) is 1.35. The molecule has 0 aliphatic carbocycles. The van der Waals surface area contributed by atoms with E-state index in [2.05, 4.69) is 20.9 Å². The first kappa shape index (κ1) is 12.1. The van der Waals surface area contributed by atoms with E-state index in [1.54, 1.807) is 12.1 Å². The molecule has 1 heterocycles. The summed E-state index contributed by atoms with van der Waals surface area (Å²) in [5, 5.41) is 0. The van der Waals surface area contributed by atoms with Crippen molar-refractivity contribution in [3.63, 3.8) is 0 Å². The zero-order chi connectivity index (χ0) is 12.5. The van der Waals surface area contributed by atoms with Gasteiger partial charge >= 0.3 is 6.18 Å². The summed E-state index contributed by atoms with van der Waals surface area (Å²) in [7, 11) is 0. The summed E-state index contributed by atoms with van der Waals surface area (Å²) >= 11 is 3.29. The van der Waals surface area contributed by atoms with Gasteiger partial charge in [-0.05, 0) is 24.3 Å². The van der Waals surface area contributed by atoms with Crippen LogP contribution in [0, 0.1) is 0 Å². The monoisotopic (exact) mass is 301 g/mol. The van der Waals surface area contributed by atoms with Gasteiger partial charge in [-0.25, -0.2) is 0 Å². The van der Waals surface area contributed by atoms with Crippen molar-refractivity contribution in [1.82, 2.24) is 4.98 Å². The van der Waals surface area contributed by atoms with Gasteiger partial charge in [0.1, 0.15) is 0 Å². The minimum atomic E-state index is -4.34. The van der Waals surface area contributed by atoms with Crippen molar-refractivity contribution < 1.29 is 13.2 Å². The summed E-state index contributed by atoms with van der Waals surface area (Å²) in [5.41, 5.74) is 0.561. The first-order valence-electron chi connectivity index (χ1n) is 4.76. The summed E-state index contributed by atoms with van der Waals surface area (Å²) in [6.45, 7) is 0. The summed E-state index contributed by atoms with van der Waals surface area (Å²) in [6.07, 6.45) is -3.50. The number of hydrogen-bond donors (Lipinski definition) is 0. The quantitative estimate of drug-likeness (QED) is 0.754. The first-order valence-corrected chi connectivity index (χ1v) is 5.55. The zero-order valence-corrected chi connectivity index (χ0v) is 10.1. The van der Waals surface area contributed by atoms with Gasteiger partial charge in [-0.2, -0.15) is 13.2 Å². The average molecular weight is 302 g/mol. The smallest absolute Gasteiger partial charge is 0.256 e. The second kappa shape index (κ2) is 4.49. The Labute approximate surface area is 104 Å². The molecule has 2 aromatic rings. The third kappa shape index (κ3) is 2.85. The highest BCUT2D eigenvalue weighted by atomic mass is 79.9. The normalized spacial score (nSPS) is 11.5. The van der Waals surface area contributed by atoms with Crippen LogP contribution in [0.2, 0.25) is 0 Å². The Morgan fingerprint density at radius 1 is 0.941 bits per heavy atom. The summed E-state index contributed by atoms with van der Waals surface area (Å²) in [5.74, 6) is 0. The second-order valence-electron chi connectivity index (χ2n) is 3.44. The Morgan fingerprint density at radius 3 is 2.06 bits per heavy atom. The van der Waals surface area contributed by atoms with Crippen molar-refractivity contribution in [2.45, 2.75) is 6.18 Å². The van der Waals surface area contributed by atoms with Crippen LogP contribution in [0.5, 0.6) is 0 Å². The maximum absolute atomic E-state index is 12.3. The molecule has 1 nitrogen and oxygen atoms in total. The molecular weight excluding hydrogens is 295 g/mol. The van der Waals surface area contributed by atoms with Gasteiger partial charge in [0, 0.05) is 16.2 Å². The Kier molecular flexibility index (Phi) is 3.19. The number of alkyl halides is 3. The van der Waals surface area contributed by atoms with Gasteiger partial charge in [-0.1, -0.05) is 28.1 Å². The molecule has 0 amide bonds. The minimum absolute atomic E-state index is 0.519. The van der Waals surface area contributed by atoms with Crippen LogP contribution >= 0.6 is 15.9 Å². The SMILES string of the molecule is FC(F)(F)c1ccc(-c2ccc(Br)cc2)nc1. The molecule has 0 fully saturated rings. The van der Waals surface area contributed by atoms with E-state index >= 15 is 0 Å². The highest BCUT2D eigenvalue weighted by Crippen LogP contribution is 2.29. The van der Waals surface area contributed by atoms with E-state index in [4.69, 9.17) is 0 Å². The lowest BCUT2D eigenvalue weighted by Crippen LogP contribution is -2.05. The molecule has 0 saturated heterocycles. The van der Waals surface area contributed by atoms with Crippen LogP contribution < -0.4 is 0 Å². The molecule has 17 heavy (non-hydrogen) atoms. The molecule has 0 saturated carbocycles.